The van der Waals surface area contributed by atoms with Gasteiger partial charge in [-0.1, -0.05) is 72.3 Å². The van der Waals surface area contributed by atoms with Gasteiger partial charge in [-0.3, -0.25) is 0 Å². The first-order valence-electron chi connectivity index (χ1n) is 9.41. The van der Waals surface area contributed by atoms with E-state index in [2.05, 4.69) is 60.8 Å². The van der Waals surface area contributed by atoms with Gasteiger partial charge in [-0.05, 0) is 48.6 Å². The first-order valence-corrected chi connectivity index (χ1v) is 9.41. The fourth-order valence-corrected chi connectivity index (χ4v) is 3.79. The number of carbonyl (C=O) groups excluding carboxylic acids is 1. The molecule has 0 unspecified atom stereocenters. The molecule has 3 nitrogen and oxygen atoms in total. The van der Waals surface area contributed by atoms with Gasteiger partial charge in [0.05, 0.1) is 6.04 Å². The van der Waals surface area contributed by atoms with Crippen molar-refractivity contribution in [2.45, 2.75) is 26.3 Å². The van der Waals surface area contributed by atoms with E-state index < -0.39 is 0 Å². The Balaban J connectivity index is 1.71. The van der Waals surface area contributed by atoms with Crippen LogP contribution in [0.3, 0.4) is 0 Å². The van der Waals surface area contributed by atoms with E-state index in [-0.39, 0.29) is 12.1 Å². The molecule has 136 valence electrons. The highest BCUT2D eigenvalue weighted by Gasteiger charge is 2.32. The minimum absolute atomic E-state index is 0.0515. The zero-order chi connectivity index (χ0) is 18.8. The van der Waals surface area contributed by atoms with Gasteiger partial charge in [-0.15, -0.1) is 0 Å². The molecule has 0 fully saturated rings. The van der Waals surface area contributed by atoms with Crippen LogP contribution in [0.25, 0.3) is 0 Å². The predicted molar refractivity (Wildman–Crippen MR) is 110 cm³/mol. The smallest absolute Gasteiger partial charge is 0.313 e. The number of aryl methyl sites for hydroxylation is 2. The quantitative estimate of drug-likeness (QED) is 0.647. The van der Waals surface area contributed by atoms with Crippen LogP contribution in [0.2, 0.25) is 0 Å². The molecule has 1 N–H and O–H groups in total. The van der Waals surface area contributed by atoms with Crippen molar-refractivity contribution in [1.82, 2.24) is 4.90 Å². The molecule has 3 aromatic rings. The maximum Gasteiger partial charge on any atom is 0.322 e. The summed E-state index contributed by atoms with van der Waals surface area (Å²) in [7, 11) is 0. The van der Waals surface area contributed by atoms with Gasteiger partial charge < -0.3 is 10.2 Å². The van der Waals surface area contributed by atoms with Gasteiger partial charge in [0.15, 0.2) is 0 Å². The fraction of sp³-hybridized carbons (Fsp3) is 0.208. The summed E-state index contributed by atoms with van der Waals surface area (Å²) >= 11 is 0. The minimum atomic E-state index is -0.0698. The molecule has 1 aliphatic heterocycles. The summed E-state index contributed by atoms with van der Waals surface area (Å²) in [6.07, 6.45) is 0.875. The van der Waals surface area contributed by atoms with E-state index in [1.54, 1.807) is 0 Å². The standard InChI is InChI=1S/C24H24N2O/c1-17-11-13-20(14-12-17)23-21-9-5-4-8-19(21)15-16-26(23)24(27)25-22-10-6-3-7-18(22)2/h3-14,23H,15-16H2,1-2H3,(H,25,27)/t23-/m1/s1. The number of carbonyl (C=O) groups is 1. The fourth-order valence-electron chi connectivity index (χ4n) is 3.79. The monoisotopic (exact) mass is 356 g/mol. The molecule has 27 heavy (non-hydrogen) atoms. The van der Waals surface area contributed by atoms with Gasteiger partial charge in [0, 0.05) is 12.2 Å². The number of rotatable bonds is 2. The zero-order valence-electron chi connectivity index (χ0n) is 15.8. The molecule has 0 aliphatic carbocycles. The van der Waals surface area contributed by atoms with Crippen molar-refractivity contribution >= 4 is 11.7 Å². The van der Waals surface area contributed by atoms with Crippen LogP contribution in [0.5, 0.6) is 0 Å². The second-order valence-corrected chi connectivity index (χ2v) is 7.20. The summed E-state index contributed by atoms with van der Waals surface area (Å²) in [5.74, 6) is 0. The average molecular weight is 356 g/mol. The Labute approximate surface area is 160 Å². The Bertz CT molecular complexity index is 962. The molecule has 0 aromatic heterocycles. The highest BCUT2D eigenvalue weighted by molar-refractivity contribution is 5.91. The lowest BCUT2D eigenvalue weighted by atomic mass is 9.88. The highest BCUT2D eigenvalue weighted by Crippen LogP contribution is 2.35. The van der Waals surface area contributed by atoms with Crippen LogP contribution in [-0.2, 0) is 6.42 Å². The molecule has 1 heterocycles. The number of benzene rings is 3. The van der Waals surface area contributed by atoms with Gasteiger partial charge in [-0.25, -0.2) is 4.79 Å². The number of anilines is 1. The predicted octanol–water partition coefficient (Wildman–Crippen LogP) is 5.48. The van der Waals surface area contributed by atoms with E-state index in [0.29, 0.717) is 6.54 Å². The lowest BCUT2D eigenvalue weighted by Crippen LogP contribution is -2.43. The molecular weight excluding hydrogens is 332 g/mol. The second kappa shape index (κ2) is 7.28. The van der Waals surface area contributed by atoms with E-state index in [0.717, 1.165) is 23.2 Å². The Morgan fingerprint density at radius 3 is 2.41 bits per heavy atom. The molecule has 1 aliphatic rings. The maximum absolute atomic E-state index is 13.2. The van der Waals surface area contributed by atoms with Gasteiger partial charge >= 0.3 is 6.03 Å². The number of urea groups is 1. The molecule has 0 saturated carbocycles. The molecule has 0 saturated heterocycles. The Hall–Kier alpha value is -3.07. The van der Waals surface area contributed by atoms with Gasteiger partial charge in [0.1, 0.15) is 0 Å². The van der Waals surface area contributed by atoms with Crippen molar-refractivity contribution in [2.24, 2.45) is 0 Å². The van der Waals surface area contributed by atoms with Gasteiger partial charge in [0.2, 0.25) is 0 Å². The van der Waals surface area contributed by atoms with Gasteiger partial charge in [0.25, 0.3) is 0 Å². The molecule has 1 atom stereocenters. The van der Waals surface area contributed by atoms with Crippen molar-refractivity contribution < 1.29 is 4.79 Å². The number of hydrogen-bond acceptors (Lipinski definition) is 1. The van der Waals surface area contributed by atoms with Crippen LogP contribution in [0.4, 0.5) is 10.5 Å². The van der Waals surface area contributed by atoms with Crippen LogP contribution in [0.15, 0.2) is 72.8 Å². The number of amides is 2. The second-order valence-electron chi connectivity index (χ2n) is 7.20. The topological polar surface area (TPSA) is 32.3 Å². The third-order valence-electron chi connectivity index (χ3n) is 5.32. The Kier molecular flexibility index (Phi) is 4.68. The van der Waals surface area contributed by atoms with E-state index in [1.165, 1.54) is 16.7 Å². The number of nitrogens with one attached hydrogen (secondary N) is 1. The lowest BCUT2D eigenvalue weighted by Gasteiger charge is -2.37. The molecule has 2 amide bonds. The summed E-state index contributed by atoms with van der Waals surface area (Å²) in [5, 5.41) is 3.11. The van der Waals surface area contributed by atoms with Crippen LogP contribution >= 0.6 is 0 Å². The highest BCUT2D eigenvalue weighted by atomic mass is 16.2. The largest absolute Gasteiger partial charge is 0.322 e. The summed E-state index contributed by atoms with van der Waals surface area (Å²) < 4.78 is 0. The molecule has 3 aromatic carbocycles. The van der Waals surface area contributed by atoms with Crippen molar-refractivity contribution in [3.05, 3.63) is 101 Å². The number of nitrogens with zero attached hydrogens (tertiary/aromatic N) is 1. The zero-order valence-corrected chi connectivity index (χ0v) is 15.8. The molecule has 0 bridgehead atoms. The van der Waals surface area contributed by atoms with Crippen molar-refractivity contribution in [2.75, 3.05) is 11.9 Å². The summed E-state index contributed by atoms with van der Waals surface area (Å²) in [6.45, 7) is 4.80. The van der Waals surface area contributed by atoms with Crippen molar-refractivity contribution in [1.29, 1.82) is 0 Å². The number of fused-ring (bicyclic) bond motifs is 1. The number of para-hydroxylation sites is 1. The first-order chi connectivity index (χ1) is 13.1. The van der Waals surface area contributed by atoms with Crippen LogP contribution in [-0.4, -0.2) is 17.5 Å². The number of hydrogen-bond donors (Lipinski definition) is 1. The summed E-state index contributed by atoms with van der Waals surface area (Å²) in [5.41, 5.74) is 6.83. The normalized spacial score (nSPS) is 15.9. The SMILES string of the molecule is Cc1ccc([C@@H]2c3ccccc3CCN2C(=O)Nc2ccccc2C)cc1. The molecular formula is C24H24N2O. The van der Waals surface area contributed by atoms with Crippen LogP contribution < -0.4 is 5.32 Å². The average Bonchev–Trinajstić information content (AvgIpc) is 2.69. The van der Waals surface area contributed by atoms with E-state index in [1.807, 2.05) is 36.1 Å². The van der Waals surface area contributed by atoms with Crippen LogP contribution in [0, 0.1) is 13.8 Å². The van der Waals surface area contributed by atoms with E-state index in [9.17, 15) is 4.79 Å². The minimum Gasteiger partial charge on any atom is -0.313 e. The van der Waals surface area contributed by atoms with Crippen molar-refractivity contribution in [3.63, 3.8) is 0 Å². The summed E-state index contributed by atoms with van der Waals surface area (Å²) in [6, 6.07) is 24.7. The Morgan fingerprint density at radius 1 is 0.926 bits per heavy atom. The molecule has 0 radical (unpaired) electrons. The maximum atomic E-state index is 13.2. The van der Waals surface area contributed by atoms with Crippen LogP contribution in [0.1, 0.15) is 33.9 Å². The van der Waals surface area contributed by atoms with Crippen molar-refractivity contribution in [3.8, 4) is 0 Å². The van der Waals surface area contributed by atoms with E-state index >= 15 is 0 Å². The lowest BCUT2D eigenvalue weighted by molar-refractivity contribution is 0.194. The molecule has 0 spiro atoms. The third kappa shape index (κ3) is 3.45. The summed E-state index contributed by atoms with van der Waals surface area (Å²) in [4.78, 5) is 15.2. The van der Waals surface area contributed by atoms with Gasteiger partial charge in [-0.2, -0.15) is 0 Å². The molecule has 3 heteroatoms. The third-order valence-corrected chi connectivity index (χ3v) is 5.32. The molecule has 4 rings (SSSR count). The van der Waals surface area contributed by atoms with E-state index in [4.69, 9.17) is 0 Å². The Morgan fingerprint density at radius 2 is 1.63 bits per heavy atom. The first kappa shape index (κ1) is 17.3.